The lowest BCUT2D eigenvalue weighted by molar-refractivity contribution is -0.140. The largest absolute Gasteiger partial charge is 0.477 e. The Hall–Kier alpha value is -2.11. The Morgan fingerprint density at radius 2 is 2.00 bits per heavy atom. The molecule has 1 aromatic heterocycles. The van der Waals surface area contributed by atoms with Crippen molar-refractivity contribution in [2.24, 2.45) is 0 Å². The van der Waals surface area contributed by atoms with Gasteiger partial charge in [0.1, 0.15) is 5.57 Å². The van der Waals surface area contributed by atoms with Crippen LogP contribution < -0.4 is 0 Å². The molecule has 0 saturated heterocycles. The first-order valence-electron chi connectivity index (χ1n) is 3.28. The molecule has 1 heterocycles. The van der Waals surface area contributed by atoms with Crippen molar-refractivity contribution in [1.82, 2.24) is 9.97 Å². The Morgan fingerprint density at radius 3 is 2.38 bits per heavy atom. The fourth-order valence-corrected chi connectivity index (χ4v) is 0.716. The SMILES string of the molecule is O=C(O)C(=Cc1cnc[nH]1)C(=O)O. The Morgan fingerprint density at radius 1 is 1.38 bits per heavy atom. The van der Waals surface area contributed by atoms with Crippen molar-refractivity contribution in [3.05, 3.63) is 23.8 Å². The van der Waals surface area contributed by atoms with E-state index in [-0.39, 0.29) is 0 Å². The van der Waals surface area contributed by atoms with Crippen molar-refractivity contribution >= 4 is 18.0 Å². The molecule has 3 N–H and O–H groups in total. The third-order valence-corrected chi connectivity index (χ3v) is 1.28. The monoisotopic (exact) mass is 182 g/mol. The lowest BCUT2D eigenvalue weighted by atomic mass is 10.2. The molecule has 1 aromatic rings. The zero-order valence-corrected chi connectivity index (χ0v) is 6.39. The second kappa shape index (κ2) is 3.53. The number of aliphatic carboxylic acids is 2. The van der Waals surface area contributed by atoms with Gasteiger partial charge in [-0.05, 0) is 6.08 Å². The van der Waals surface area contributed by atoms with Crippen LogP contribution >= 0.6 is 0 Å². The molecule has 68 valence electrons. The summed E-state index contributed by atoms with van der Waals surface area (Å²) in [7, 11) is 0. The van der Waals surface area contributed by atoms with Crippen LogP contribution in [0.2, 0.25) is 0 Å². The summed E-state index contributed by atoms with van der Waals surface area (Å²) in [5.74, 6) is -2.97. The highest BCUT2D eigenvalue weighted by molar-refractivity contribution is 6.16. The van der Waals surface area contributed by atoms with Gasteiger partial charge in [0.15, 0.2) is 0 Å². The van der Waals surface area contributed by atoms with Crippen molar-refractivity contribution < 1.29 is 19.8 Å². The van der Waals surface area contributed by atoms with Gasteiger partial charge in [-0.3, -0.25) is 0 Å². The molecule has 0 radical (unpaired) electrons. The number of nitrogens with one attached hydrogen (secondary N) is 1. The molecule has 0 amide bonds. The number of H-pyrrole nitrogens is 1. The maximum atomic E-state index is 10.4. The predicted molar refractivity (Wildman–Crippen MR) is 41.8 cm³/mol. The Balaban J connectivity index is 3.01. The van der Waals surface area contributed by atoms with E-state index in [0.29, 0.717) is 5.69 Å². The van der Waals surface area contributed by atoms with Gasteiger partial charge in [0, 0.05) is 0 Å². The molecule has 1 rings (SSSR count). The van der Waals surface area contributed by atoms with Crippen molar-refractivity contribution in [3.63, 3.8) is 0 Å². The van der Waals surface area contributed by atoms with Crippen LogP contribution in [0.4, 0.5) is 0 Å². The molecule has 0 bridgehead atoms. The molecule has 0 fully saturated rings. The third-order valence-electron chi connectivity index (χ3n) is 1.28. The number of aromatic amines is 1. The molecule has 0 spiro atoms. The van der Waals surface area contributed by atoms with Crippen molar-refractivity contribution in [2.75, 3.05) is 0 Å². The van der Waals surface area contributed by atoms with Crippen molar-refractivity contribution in [2.45, 2.75) is 0 Å². The molecule has 6 heteroatoms. The van der Waals surface area contributed by atoms with Crippen LogP contribution in [0.15, 0.2) is 18.1 Å². The van der Waals surface area contributed by atoms with Gasteiger partial charge in [-0.1, -0.05) is 0 Å². The normalized spacial score (nSPS) is 9.23. The summed E-state index contributed by atoms with van der Waals surface area (Å²) in [5, 5.41) is 16.9. The lowest BCUT2D eigenvalue weighted by Crippen LogP contribution is -2.10. The second-order valence-corrected chi connectivity index (χ2v) is 2.18. The summed E-state index contributed by atoms with van der Waals surface area (Å²) >= 11 is 0. The van der Waals surface area contributed by atoms with Gasteiger partial charge in [-0.25, -0.2) is 14.6 Å². The van der Waals surface area contributed by atoms with E-state index in [4.69, 9.17) is 10.2 Å². The van der Waals surface area contributed by atoms with Crippen LogP contribution in [-0.4, -0.2) is 32.1 Å². The molecule has 0 aliphatic heterocycles. The van der Waals surface area contributed by atoms with E-state index in [2.05, 4.69) is 9.97 Å². The van der Waals surface area contributed by atoms with Crippen LogP contribution in [0.5, 0.6) is 0 Å². The van der Waals surface area contributed by atoms with E-state index in [1.807, 2.05) is 0 Å². The summed E-state index contributed by atoms with van der Waals surface area (Å²) in [5.41, 5.74) is -0.371. The summed E-state index contributed by atoms with van der Waals surface area (Å²) in [6, 6.07) is 0. The number of carboxylic acids is 2. The molecule has 0 aliphatic rings. The number of hydrogen-bond acceptors (Lipinski definition) is 3. The standard InChI is InChI=1S/C7H6N2O4/c10-6(11)5(7(12)13)1-4-2-8-3-9-4/h1-3H,(H,8,9)(H,10,11)(H,12,13). The van der Waals surface area contributed by atoms with Crippen molar-refractivity contribution in [3.8, 4) is 0 Å². The fourth-order valence-electron chi connectivity index (χ4n) is 0.716. The average molecular weight is 182 g/mol. The number of rotatable bonds is 3. The van der Waals surface area contributed by atoms with Crippen LogP contribution in [0.3, 0.4) is 0 Å². The highest BCUT2D eigenvalue weighted by Crippen LogP contribution is 2.03. The highest BCUT2D eigenvalue weighted by Gasteiger charge is 2.15. The molecule has 0 aromatic carbocycles. The number of aromatic nitrogens is 2. The first-order valence-corrected chi connectivity index (χ1v) is 3.28. The number of carbonyl (C=O) groups is 2. The summed E-state index contributed by atoms with van der Waals surface area (Å²) in [4.78, 5) is 26.9. The Kier molecular flexibility index (Phi) is 2.44. The molecule has 0 saturated carbocycles. The first-order chi connectivity index (χ1) is 6.11. The highest BCUT2D eigenvalue weighted by atomic mass is 16.4. The minimum atomic E-state index is -1.48. The van der Waals surface area contributed by atoms with Gasteiger partial charge in [0.25, 0.3) is 0 Å². The van der Waals surface area contributed by atoms with E-state index in [1.165, 1.54) is 12.5 Å². The number of nitrogens with zero attached hydrogens (tertiary/aromatic N) is 1. The van der Waals surface area contributed by atoms with Gasteiger partial charge >= 0.3 is 11.9 Å². The quantitative estimate of drug-likeness (QED) is 0.345. The summed E-state index contributed by atoms with van der Waals surface area (Å²) in [6.07, 6.45) is 3.65. The summed E-state index contributed by atoms with van der Waals surface area (Å²) in [6.45, 7) is 0. The maximum absolute atomic E-state index is 10.4. The Labute approximate surface area is 72.5 Å². The lowest BCUT2D eigenvalue weighted by Gasteiger charge is -1.92. The first kappa shape index (κ1) is 8.98. The van der Waals surface area contributed by atoms with Crippen molar-refractivity contribution in [1.29, 1.82) is 0 Å². The molecule has 13 heavy (non-hydrogen) atoms. The topological polar surface area (TPSA) is 103 Å². The predicted octanol–water partition coefficient (Wildman–Crippen LogP) is -0.0377. The van der Waals surface area contributed by atoms with Gasteiger partial charge < -0.3 is 15.2 Å². The number of carboxylic acid groups (broad SMARTS) is 2. The van der Waals surface area contributed by atoms with Crippen LogP contribution in [0, 0.1) is 0 Å². The number of imidazole rings is 1. The molecule has 0 atom stereocenters. The summed E-state index contributed by atoms with van der Waals surface area (Å²) < 4.78 is 0. The van der Waals surface area contributed by atoms with E-state index in [0.717, 1.165) is 6.08 Å². The maximum Gasteiger partial charge on any atom is 0.343 e. The van der Waals surface area contributed by atoms with Gasteiger partial charge in [0.05, 0.1) is 18.2 Å². The van der Waals surface area contributed by atoms with E-state index < -0.39 is 17.5 Å². The minimum Gasteiger partial charge on any atom is -0.477 e. The van der Waals surface area contributed by atoms with E-state index in [9.17, 15) is 9.59 Å². The van der Waals surface area contributed by atoms with Crippen LogP contribution in [0.1, 0.15) is 5.69 Å². The Bertz CT molecular complexity index is 337. The second-order valence-electron chi connectivity index (χ2n) is 2.18. The van der Waals surface area contributed by atoms with Crippen LogP contribution in [0.25, 0.3) is 6.08 Å². The third kappa shape index (κ3) is 2.16. The minimum absolute atomic E-state index is 0.333. The fraction of sp³-hybridized carbons (Fsp3) is 0. The van der Waals surface area contributed by atoms with Gasteiger partial charge in [-0.2, -0.15) is 0 Å². The van der Waals surface area contributed by atoms with Gasteiger partial charge in [-0.15, -0.1) is 0 Å². The molecule has 0 unspecified atom stereocenters. The zero-order chi connectivity index (χ0) is 9.84. The molecule has 6 nitrogen and oxygen atoms in total. The van der Waals surface area contributed by atoms with E-state index in [1.54, 1.807) is 0 Å². The van der Waals surface area contributed by atoms with Crippen LogP contribution in [-0.2, 0) is 9.59 Å². The molecular weight excluding hydrogens is 176 g/mol. The average Bonchev–Trinajstić information content (AvgIpc) is 2.50. The molecule has 0 aliphatic carbocycles. The zero-order valence-electron chi connectivity index (χ0n) is 6.39. The van der Waals surface area contributed by atoms with E-state index >= 15 is 0 Å². The molecular formula is C7H6N2O4. The van der Waals surface area contributed by atoms with Gasteiger partial charge in [0.2, 0.25) is 0 Å². The number of hydrogen-bond donors (Lipinski definition) is 3. The smallest absolute Gasteiger partial charge is 0.343 e.